The van der Waals surface area contributed by atoms with E-state index in [1.807, 2.05) is 29.2 Å². The van der Waals surface area contributed by atoms with Crippen LogP contribution < -0.4 is 10.1 Å². The number of methoxy groups -OCH3 is 1. The molecule has 0 atom stereocenters. The highest BCUT2D eigenvalue weighted by Gasteiger charge is 2.22. The van der Waals surface area contributed by atoms with Gasteiger partial charge in [-0.15, -0.1) is 0 Å². The molecular formula is C18H23N5O2. The van der Waals surface area contributed by atoms with E-state index in [2.05, 4.69) is 27.1 Å². The van der Waals surface area contributed by atoms with Crippen LogP contribution >= 0.6 is 0 Å². The Bertz CT molecular complexity index is 729. The summed E-state index contributed by atoms with van der Waals surface area (Å²) in [5, 5.41) is 3.18. The first-order valence-electron chi connectivity index (χ1n) is 8.45. The number of benzene rings is 1. The van der Waals surface area contributed by atoms with Gasteiger partial charge in [-0.05, 0) is 18.7 Å². The molecule has 1 aliphatic heterocycles. The lowest BCUT2D eigenvalue weighted by Gasteiger charge is -2.33. The van der Waals surface area contributed by atoms with E-state index >= 15 is 0 Å². The average molecular weight is 341 g/mol. The topological polar surface area (TPSA) is 70.6 Å². The third-order valence-electron chi connectivity index (χ3n) is 4.36. The second kappa shape index (κ2) is 7.94. The Labute approximate surface area is 147 Å². The van der Waals surface area contributed by atoms with E-state index in [9.17, 15) is 4.79 Å². The Hall–Kier alpha value is -2.67. The van der Waals surface area contributed by atoms with Gasteiger partial charge in [0.1, 0.15) is 23.6 Å². The van der Waals surface area contributed by atoms with Gasteiger partial charge in [0.15, 0.2) is 0 Å². The number of anilines is 2. The van der Waals surface area contributed by atoms with E-state index in [0.29, 0.717) is 17.3 Å². The highest BCUT2D eigenvalue weighted by atomic mass is 16.5. The molecule has 1 fully saturated rings. The largest absolute Gasteiger partial charge is 0.495 e. The molecule has 1 aromatic heterocycles. The zero-order chi connectivity index (χ0) is 17.6. The summed E-state index contributed by atoms with van der Waals surface area (Å²) >= 11 is 0. The summed E-state index contributed by atoms with van der Waals surface area (Å²) in [5.41, 5.74) is 1.19. The fourth-order valence-electron chi connectivity index (χ4n) is 2.86. The standard InChI is InChI=1S/C18H23N5O2/c1-3-22-8-10-23(11-9-22)18(24)15-12-17(20-13-19-15)21-14-6-4-5-7-16(14)25-2/h4-7,12-13H,3,8-11H2,1-2H3,(H,19,20,21). The van der Waals surface area contributed by atoms with Crippen molar-refractivity contribution in [3.05, 3.63) is 42.4 Å². The van der Waals surface area contributed by atoms with Gasteiger partial charge in [-0.1, -0.05) is 19.1 Å². The Morgan fingerprint density at radius 2 is 1.96 bits per heavy atom. The van der Waals surface area contributed by atoms with E-state index in [-0.39, 0.29) is 5.91 Å². The number of nitrogens with zero attached hydrogens (tertiary/aromatic N) is 4. The van der Waals surface area contributed by atoms with Crippen LogP contribution in [0.25, 0.3) is 0 Å². The van der Waals surface area contributed by atoms with E-state index in [0.717, 1.165) is 38.4 Å². The first-order chi connectivity index (χ1) is 12.2. The first-order valence-corrected chi connectivity index (χ1v) is 8.45. The molecular weight excluding hydrogens is 318 g/mol. The third-order valence-corrected chi connectivity index (χ3v) is 4.36. The highest BCUT2D eigenvalue weighted by molar-refractivity contribution is 5.93. The summed E-state index contributed by atoms with van der Waals surface area (Å²) in [5.74, 6) is 1.22. The van der Waals surface area contributed by atoms with Crippen LogP contribution in [0.4, 0.5) is 11.5 Å². The minimum absolute atomic E-state index is 0.0544. The quantitative estimate of drug-likeness (QED) is 0.897. The molecule has 0 unspecified atom stereocenters. The van der Waals surface area contributed by atoms with Gasteiger partial charge >= 0.3 is 0 Å². The van der Waals surface area contributed by atoms with Crippen molar-refractivity contribution in [3.8, 4) is 5.75 Å². The van der Waals surface area contributed by atoms with E-state index in [4.69, 9.17) is 4.74 Å². The number of aromatic nitrogens is 2. The van der Waals surface area contributed by atoms with Gasteiger partial charge in [-0.2, -0.15) is 0 Å². The molecule has 0 saturated carbocycles. The van der Waals surface area contributed by atoms with Crippen molar-refractivity contribution >= 4 is 17.4 Å². The molecule has 0 aliphatic carbocycles. The molecule has 1 aromatic carbocycles. The van der Waals surface area contributed by atoms with E-state index in [1.165, 1.54) is 6.33 Å². The number of carbonyl (C=O) groups excluding carboxylic acids is 1. The highest BCUT2D eigenvalue weighted by Crippen LogP contribution is 2.26. The molecule has 3 rings (SSSR count). The minimum atomic E-state index is -0.0544. The van der Waals surface area contributed by atoms with Crippen molar-refractivity contribution in [1.29, 1.82) is 0 Å². The maximum absolute atomic E-state index is 12.7. The summed E-state index contributed by atoms with van der Waals surface area (Å²) in [6.45, 7) is 6.41. The smallest absolute Gasteiger partial charge is 0.272 e. The number of hydrogen-bond donors (Lipinski definition) is 1. The van der Waals surface area contributed by atoms with Crippen LogP contribution in [0.2, 0.25) is 0 Å². The fraction of sp³-hybridized carbons (Fsp3) is 0.389. The molecule has 2 heterocycles. The number of nitrogens with one attached hydrogen (secondary N) is 1. The molecule has 7 heteroatoms. The fourth-order valence-corrected chi connectivity index (χ4v) is 2.86. The molecule has 1 N–H and O–H groups in total. The zero-order valence-corrected chi connectivity index (χ0v) is 14.6. The number of para-hydroxylation sites is 2. The molecule has 0 spiro atoms. The van der Waals surface area contributed by atoms with Gasteiger partial charge in [0.05, 0.1) is 12.8 Å². The number of carbonyl (C=O) groups is 1. The van der Waals surface area contributed by atoms with Crippen LogP contribution in [0.15, 0.2) is 36.7 Å². The van der Waals surface area contributed by atoms with Crippen molar-refractivity contribution in [2.75, 3.05) is 45.2 Å². The zero-order valence-electron chi connectivity index (χ0n) is 14.6. The number of hydrogen-bond acceptors (Lipinski definition) is 6. The lowest BCUT2D eigenvalue weighted by molar-refractivity contribution is 0.0637. The summed E-state index contributed by atoms with van der Waals surface area (Å²) in [6, 6.07) is 9.25. The Kier molecular flexibility index (Phi) is 5.45. The maximum Gasteiger partial charge on any atom is 0.272 e. The number of amides is 1. The van der Waals surface area contributed by atoms with Gasteiger partial charge in [0.25, 0.3) is 5.91 Å². The summed E-state index contributed by atoms with van der Waals surface area (Å²) in [4.78, 5) is 25.2. The Morgan fingerprint density at radius 3 is 2.68 bits per heavy atom. The molecule has 7 nitrogen and oxygen atoms in total. The lowest BCUT2D eigenvalue weighted by Crippen LogP contribution is -2.48. The predicted octanol–water partition coefficient (Wildman–Crippen LogP) is 2.01. The van der Waals surface area contributed by atoms with Crippen LogP contribution in [0.1, 0.15) is 17.4 Å². The van der Waals surface area contributed by atoms with E-state index < -0.39 is 0 Å². The molecule has 0 bridgehead atoms. The maximum atomic E-state index is 12.7. The summed E-state index contributed by atoms with van der Waals surface area (Å²) in [6.07, 6.45) is 1.41. The van der Waals surface area contributed by atoms with Crippen LogP contribution in [-0.2, 0) is 0 Å². The van der Waals surface area contributed by atoms with Gasteiger partial charge in [0, 0.05) is 32.2 Å². The normalized spacial score (nSPS) is 15.0. The van der Waals surface area contributed by atoms with Crippen molar-refractivity contribution in [2.45, 2.75) is 6.92 Å². The number of rotatable bonds is 5. The average Bonchev–Trinajstić information content (AvgIpc) is 2.68. The van der Waals surface area contributed by atoms with Crippen LogP contribution in [-0.4, -0.2) is 65.5 Å². The molecule has 132 valence electrons. The number of piperazine rings is 1. The number of likely N-dealkylation sites (N-methyl/N-ethyl adjacent to an activating group) is 1. The number of ether oxygens (including phenoxy) is 1. The minimum Gasteiger partial charge on any atom is -0.495 e. The van der Waals surface area contributed by atoms with Crippen molar-refractivity contribution in [2.24, 2.45) is 0 Å². The monoisotopic (exact) mass is 341 g/mol. The molecule has 1 amide bonds. The van der Waals surface area contributed by atoms with Crippen LogP contribution in [0.5, 0.6) is 5.75 Å². The first kappa shape index (κ1) is 17.2. The van der Waals surface area contributed by atoms with Crippen molar-refractivity contribution < 1.29 is 9.53 Å². The lowest BCUT2D eigenvalue weighted by atomic mass is 10.2. The van der Waals surface area contributed by atoms with Gasteiger partial charge in [-0.25, -0.2) is 9.97 Å². The van der Waals surface area contributed by atoms with Gasteiger partial charge in [-0.3, -0.25) is 4.79 Å². The predicted molar refractivity (Wildman–Crippen MR) is 96.3 cm³/mol. The van der Waals surface area contributed by atoms with Crippen LogP contribution in [0, 0.1) is 0 Å². The molecule has 0 radical (unpaired) electrons. The Balaban J connectivity index is 1.72. The third kappa shape index (κ3) is 4.06. The SMILES string of the molecule is CCN1CCN(C(=O)c2cc(Nc3ccccc3OC)ncn2)CC1. The molecule has 2 aromatic rings. The molecule has 1 saturated heterocycles. The van der Waals surface area contributed by atoms with Crippen molar-refractivity contribution in [3.63, 3.8) is 0 Å². The van der Waals surface area contributed by atoms with E-state index in [1.54, 1.807) is 13.2 Å². The molecule has 25 heavy (non-hydrogen) atoms. The second-order valence-corrected chi connectivity index (χ2v) is 5.84. The van der Waals surface area contributed by atoms with Gasteiger partial charge < -0.3 is 19.9 Å². The van der Waals surface area contributed by atoms with Gasteiger partial charge in [0.2, 0.25) is 0 Å². The summed E-state index contributed by atoms with van der Waals surface area (Å²) in [7, 11) is 1.62. The second-order valence-electron chi connectivity index (χ2n) is 5.84. The summed E-state index contributed by atoms with van der Waals surface area (Å²) < 4.78 is 5.33. The molecule has 1 aliphatic rings. The van der Waals surface area contributed by atoms with Crippen LogP contribution in [0.3, 0.4) is 0 Å². The van der Waals surface area contributed by atoms with Crippen molar-refractivity contribution in [1.82, 2.24) is 19.8 Å². The Morgan fingerprint density at radius 1 is 1.20 bits per heavy atom.